The van der Waals surface area contributed by atoms with Crippen LogP contribution < -0.4 is 16.6 Å². The average Bonchev–Trinajstić information content (AvgIpc) is 3.28. The first-order valence-corrected chi connectivity index (χ1v) is 6.66. The van der Waals surface area contributed by atoms with E-state index in [4.69, 9.17) is 10.6 Å². The summed E-state index contributed by atoms with van der Waals surface area (Å²) in [7, 11) is 0. The standard InChI is InChI=1S/C14H19N3O3.ClH/c15-17-13(18)12(8-10-6-7-10)16-14(19)20-9-11-4-2-1-3-5-11;/h1-5,10,12H,6-9,15H2,(H,16,19)(H,17,18);1H/t12-;/m0./s1. The Kier molecular flexibility index (Phi) is 6.98. The molecule has 0 aliphatic heterocycles. The number of carbonyl (C=O) groups excluding carboxylic acids is 2. The molecule has 0 radical (unpaired) electrons. The quantitative estimate of drug-likeness (QED) is 0.421. The van der Waals surface area contributed by atoms with Gasteiger partial charge in [0.05, 0.1) is 0 Å². The van der Waals surface area contributed by atoms with Crippen molar-refractivity contribution in [3.05, 3.63) is 35.9 Å². The second kappa shape index (κ2) is 8.49. The van der Waals surface area contributed by atoms with Crippen LogP contribution in [0.4, 0.5) is 4.79 Å². The molecule has 116 valence electrons. The first-order chi connectivity index (χ1) is 9.69. The van der Waals surface area contributed by atoms with Gasteiger partial charge < -0.3 is 10.1 Å². The largest absolute Gasteiger partial charge is 0.445 e. The van der Waals surface area contributed by atoms with Crippen LogP contribution in [0.2, 0.25) is 0 Å². The maximum absolute atomic E-state index is 11.7. The first-order valence-electron chi connectivity index (χ1n) is 6.66. The summed E-state index contributed by atoms with van der Waals surface area (Å²) >= 11 is 0. The Bertz CT molecular complexity index is 466. The number of carbonyl (C=O) groups is 2. The highest BCUT2D eigenvalue weighted by Gasteiger charge is 2.30. The predicted molar refractivity (Wildman–Crippen MR) is 80.5 cm³/mol. The zero-order valence-electron chi connectivity index (χ0n) is 11.6. The first kappa shape index (κ1) is 17.3. The van der Waals surface area contributed by atoms with Crippen molar-refractivity contribution in [2.75, 3.05) is 0 Å². The maximum Gasteiger partial charge on any atom is 0.408 e. The summed E-state index contributed by atoms with van der Waals surface area (Å²) in [6, 6.07) is 8.72. The summed E-state index contributed by atoms with van der Waals surface area (Å²) in [4.78, 5) is 23.3. The minimum atomic E-state index is -0.629. The number of halogens is 1. The molecule has 1 aromatic rings. The Morgan fingerprint density at radius 3 is 2.52 bits per heavy atom. The number of hydrazine groups is 1. The van der Waals surface area contributed by atoms with Crippen molar-refractivity contribution in [3.8, 4) is 0 Å². The minimum absolute atomic E-state index is 0. The van der Waals surface area contributed by atoms with Gasteiger partial charge >= 0.3 is 6.09 Å². The van der Waals surface area contributed by atoms with E-state index in [1.54, 1.807) is 0 Å². The molecule has 0 heterocycles. The molecule has 0 saturated heterocycles. The van der Waals surface area contributed by atoms with Crippen molar-refractivity contribution in [2.45, 2.75) is 31.9 Å². The van der Waals surface area contributed by atoms with E-state index < -0.39 is 18.0 Å². The third-order valence-electron chi connectivity index (χ3n) is 3.23. The number of alkyl carbamates (subject to hydrolysis) is 1. The van der Waals surface area contributed by atoms with Gasteiger partial charge in [0, 0.05) is 0 Å². The van der Waals surface area contributed by atoms with E-state index in [1.165, 1.54) is 0 Å². The minimum Gasteiger partial charge on any atom is -0.445 e. The Labute approximate surface area is 129 Å². The fraction of sp³-hybridized carbons (Fsp3) is 0.429. The van der Waals surface area contributed by atoms with Crippen molar-refractivity contribution in [1.29, 1.82) is 0 Å². The van der Waals surface area contributed by atoms with Gasteiger partial charge in [0.2, 0.25) is 0 Å². The Morgan fingerprint density at radius 2 is 1.95 bits per heavy atom. The fourth-order valence-corrected chi connectivity index (χ4v) is 1.93. The molecule has 2 rings (SSSR count). The topological polar surface area (TPSA) is 93.5 Å². The van der Waals surface area contributed by atoms with Gasteiger partial charge in [0.15, 0.2) is 0 Å². The molecule has 21 heavy (non-hydrogen) atoms. The monoisotopic (exact) mass is 313 g/mol. The van der Waals surface area contributed by atoms with Crippen LogP contribution in [-0.2, 0) is 16.1 Å². The summed E-state index contributed by atoms with van der Waals surface area (Å²) in [5.41, 5.74) is 2.96. The van der Waals surface area contributed by atoms with Crippen LogP contribution in [0.3, 0.4) is 0 Å². The zero-order valence-corrected chi connectivity index (χ0v) is 12.4. The van der Waals surface area contributed by atoms with E-state index >= 15 is 0 Å². The van der Waals surface area contributed by atoms with E-state index in [1.807, 2.05) is 30.3 Å². The van der Waals surface area contributed by atoms with Crippen LogP contribution in [0.1, 0.15) is 24.8 Å². The third kappa shape index (κ3) is 6.01. The fourth-order valence-electron chi connectivity index (χ4n) is 1.93. The van der Waals surface area contributed by atoms with Crippen LogP contribution in [0.25, 0.3) is 0 Å². The van der Waals surface area contributed by atoms with Crippen molar-refractivity contribution >= 4 is 24.4 Å². The lowest BCUT2D eigenvalue weighted by Gasteiger charge is -2.16. The Balaban J connectivity index is 0.00000220. The molecule has 0 aromatic heterocycles. The summed E-state index contributed by atoms with van der Waals surface area (Å²) in [6.07, 6.45) is 2.18. The van der Waals surface area contributed by atoms with E-state index in [-0.39, 0.29) is 19.0 Å². The van der Waals surface area contributed by atoms with Crippen molar-refractivity contribution in [2.24, 2.45) is 11.8 Å². The van der Waals surface area contributed by atoms with Gasteiger partial charge in [-0.25, -0.2) is 10.6 Å². The molecule has 1 aliphatic carbocycles. The molecule has 0 spiro atoms. The molecule has 0 unspecified atom stereocenters. The second-order valence-corrected chi connectivity index (χ2v) is 4.95. The third-order valence-corrected chi connectivity index (χ3v) is 3.23. The summed E-state index contributed by atoms with van der Waals surface area (Å²) in [6.45, 7) is 0.174. The maximum atomic E-state index is 11.7. The lowest BCUT2D eigenvalue weighted by molar-refractivity contribution is -0.123. The van der Waals surface area contributed by atoms with E-state index in [0.717, 1.165) is 18.4 Å². The lowest BCUT2D eigenvalue weighted by Crippen LogP contribution is -2.49. The molecule has 6 nitrogen and oxygen atoms in total. The van der Waals surface area contributed by atoms with Crippen LogP contribution in [0.15, 0.2) is 30.3 Å². The Morgan fingerprint density at radius 1 is 1.29 bits per heavy atom. The molecule has 1 aliphatic rings. The van der Waals surface area contributed by atoms with Crippen LogP contribution in [0.5, 0.6) is 0 Å². The highest BCUT2D eigenvalue weighted by Crippen LogP contribution is 2.33. The number of nitrogens with two attached hydrogens (primary N) is 1. The second-order valence-electron chi connectivity index (χ2n) is 4.95. The van der Waals surface area contributed by atoms with Crippen molar-refractivity contribution in [3.63, 3.8) is 0 Å². The van der Waals surface area contributed by atoms with Gasteiger partial charge in [-0.2, -0.15) is 0 Å². The lowest BCUT2D eigenvalue weighted by atomic mass is 10.1. The van der Waals surface area contributed by atoms with E-state index in [2.05, 4.69) is 10.7 Å². The van der Waals surface area contributed by atoms with Gasteiger partial charge in [-0.15, -0.1) is 12.4 Å². The van der Waals surface area contributed by atoms with Gasteiger partial charge in [-0.3, -0.25) is 10.2 Å². The molecule has 0 bridgehead atoms. The molecule has 1 fully saturated rings. The molecule has 2 amide bonds. The number of amides is 2. The van der Waals surface area contributed by atoms with Crippen LogP contribution >= 0.6 is 12.4 Å². The number of hydrogen-bond acceptors (Lipinski definition) is 4. The van der Waals surface area contributed by atoms with Gasteiger partial charge in [-0.05, 0) is 17.9 Å². The summed E-state index contributed by atoms with van der Waals surface area (Å²) < 4.78 is 5.08. The van der Waals surface area contributed by atoms with Crippen molar-refractivity contribution < 1.29 is 14.3 Å². The Hall–Kier alpha value is -1.79. The highest BCUT2D eigenvalue weighted by atomic mass is 35.5. The average molecular weight is 314 g/mol. The van der Waals surface area contributed by atoms with Crippen LogP contribution in [-0.4, -0.2) is 18.0 Å². The van der Waals surface area contributed by atoms with Crippen molar-refractivity contribution in [1.82, 2.24) is 10.7 Å². The van der Waals surface area contributed by atoms with Gasteiger partial charge in [0.25, 0.3) is 5.91 Å². The number of ether oxygens (including phenoxy) is 1. The van der Waals surface area contributed by atoms with E-state index in [9.17, 15) is 9.59 Å². The van der Waals surface area contributed by atoms with Gasteiger partial charge in [-0.1, -0.05) is 43.2 Å². The summed E-state index contributed by atoms with van der Waals surface area (Å²) in [5.74, 6) is 5.22. The molecule has 1 saturated carbocycles. The molecule has 1 aromatic carbocycles. The molecule has 4 N–H and O–H groups in total. The van der Waals surface area contributed by atoms with Crippen LogP contribution in [0, 0.1) is 5.92 Å². The van der Waals surface area contributed by atoms with Gasteiger partial charge in [0.1, 0.15) is 12.6 Å². The number of rotatable bonds is 6. The predicted octanol–water partition coefficient (Wildman–Crippen LogP) is 1.49. The molecular weight excluding hydrogens is 294 g/mol. The zero-order chi connectivity index (χ0) is 14.4. The summed E-state index contributed by atoms with van der Waals surface area (Å²) in [5, 5.41) is 2.56. The smallest absolute Gasteiger partial charge is 0.408 e. The molecular formula is C14H20ClN3O3. The molecule has 7 heteroatoms. The van der Waals surface area contributed by atoms with E-state index in [0.29, 0.717) is 12.3 Å². The number of hydrogen-bond donors (Lipinski definition) is 3. The number of nitrogens with one attached hydrogen (secondary N) is 2. The highest BCUT2D eigenvalue weighted by molar-refractivity contribution is 5.85. The normalized spacial score (nSPS) is 14.5. The number of benzene rings is 1. The molecule has 1 atom stereocenters. The SMILES string of the molecule is Cl.NNC(=O)[C@H](CC1CC1)NC(=O)OCc1ccccc1.